The number of aromatic amines is 1. The first-order valence-electron chi connectivity index (χ1n) is 5.36. The average Bonchev–Trinajstić information content (AvgIpc) is 2.79. The normalized spacial score (nSPS) is 10.9. The Kier molecular flexibility index (Phi) is 3.00. The van der Waals surface area contributed by atoms with Gasteiger partial charge >= 0.3 is 0 Å². The van der Waals surface area contributed by atoms with Gasteiger partial charge in [0.2, 0.25) is 0 Å². The number of hydrogen-bond acceptors (Lipinski definition) is 3. The summed E-state index contributed by atoms with van der Waals surface area (Å²) in [6.07, 6.45) is 1.66. The van der Waals surface area contributed by atoms with E-state index in [0.29, 0.717) is 17.0 Å². The van der Waals surface area contributed by atoms with Crippen molar-refractivity contribution in [1.29, 1.82) is 0 Å². The zero-order valence-electron chi connectivity index (χ0n) is 9.42. The van der Waals surface area contributed by atoms with Crippen molar-refractivity contribution in [2.24, 2.45) is 0 Å². The summed E-state index contributed by atoms with van der Waals surface area (Å²) in [6.45, 7) is 0. The molecule has 0 bridgehead atoms. The van der Waals surface area contributed by atoms with E-state index in [1.807, 2.05) is 6.07 Å². The molecule has 0 aliphatic heterocycles. The van der Waals surface area contributed by atoms with Crippen LogP contribution >= 0.6 is 23.2 Å². The number of H-pyrrole nitrogens is 1. The van der Waals surface area contributed by atoms with Gasteiger partial charge in [-0.15, -0.1) is 0 Å². The number of aromatic nitrogens is 3. The van der Waals surface area contributed by atoms with Gasteiger partial charge < -0.3 is 5.32 Å². The molecule has 96 valence electrons. The van der Waals surface area contributed by atoms with Crippen LogP contribution in [-0.2, 0) is 0 Å². The Balaban J connectivity index is 2.01. The predicted molar refractivity (Wildman–Crippen MR) is 73.6 cm³/mol. The summed E-state index contributed by atoms with van der Waals surface area (Å²) < 4.78 is 13.3. The zero-order chi connectivity index (χ0) is 13.4. The maximum atomic E-state index is 13.3. The summed E-state index contributed by atoms with van der Waals surface area (Å²) in [5.74, 6) is -0.117. The number of benzene rings is 1. The van der Waals surface area contributed by atoms with E-state index in [0.717, 1.165) is 5.52 Å². The van der Waals surface area contributed by atoms with E-state index in [9.17, 15) is 4.39 Å². The molecule has 0 aliphatic rings. The van der Waals surface area contributed by atoms with E-state index in [4.69, 9.17) is 23.2 Å². The third-order valence-electron chi connectivity index (χ3n) is 2.57. The molecule has 0 spiro atoms. The van der Waals surface area contributed by atoms with Gasteiger partial charge in [-0.2, -0.15) is 5.10 Å². The molecule has 3 aromatic rings. The highest BCUT2D eigenvalue weighted by Crippen LogP contribution is 2.29. The standard InChI is InChI=1S/C12H7Cl2FN4/c13-7-4-6(5-8(14)10(7)15)17-12-11-9(18-19-12)2-1-3-16-11/h1-5H,(H2,17,18,19). The van der Waals surface area contributed by atoms with Gasteiger partial charge in [-0.25, -0.2) is 4.39 Å². The van der Waals surface area contributed by atoms with Crippen molar-refractivity contribution in [3.05, 3.63) is 46.3 Å². The molecular weight excluding hydrogens is 290 g/mol. The molecule has 0 fully saturated rings. The molecule has 2 heterocycles. The smallest absolute Gasteiger partial charge is 0.178 e. The molecule has 4 nitrogen and oxygen atoms in total. The highest BCUT2D eigenvalue weighted by molar-refractivity contribution is 6.35. The Bertz CT molecular complexity index is 733. The Morgan fingerprint density at radius 1 is 1.21 bits per heavy atom. The minimum Gasteiger partial charge on any atom is -0.337 e. The molecular formula is C12H7Cl2FN4. The minimum absolute atomic E-state index is 0.0530. The van der Waals surface area contributed by atoms with Crippen LogP contribution in [0.5, 0.6) is 0 Å². The monoisotopic (exact) mass is 296 g/mol. The quantitative estimate of drug-likeness (QED) is 0.699. The van der Waals surface area contributed by atoms with E-state index in [1.54, 1.807) is 12.3 Å². The lowest BCUT2D eigenvalue weighted by atomic mass is 10.3. The molecule has 0 radical (unpaired) electrons. The number of pyridine rings is 1. The summed E-state index contributed by atoms with van der Waals surface area (Å²) in [7, 11) is 0. The van der Waals surface area contributed by atoms with Crippen LogP contribution in [0.4, 0.5) is 15.9 Å². The Hall–Kier alpha value is -1.85. The molecule has 0 saturated heterocycles. The van der Waals surface area contributed by atoms with Crippen molar-refractivity contribution in [1.82, 2.24) is 15.2 Å². The van der Waals surface area contributed by atoms with Crippen LogP contribution in [0.1, 0.15) is 0 Å². The largest absolute Gasteiger partial charge is 0.337 e. The number of halogens is 3. The van der Waals surface area contributed by atoms with Gasteiger partial charge in [0.05, 0.1) is 15.6 Å². The fraction of sp³-hybridized carbons (Fsp3) is 0. The Morgan fingerprint density at radius 2 is 1.95 bits per heavy atom. The summed E-state index contributed by atoms with van der Waals surface area (Å²) in [6, 6.07) is 6.53. The molecule has 0 atom stereocenters. The second kappa shape index (κ2) is 4.68. The molecule has 0 aliphatic carbocycles. The first kappa shape index (κ1) is 12.2. The highest BCUT2D eigenvalue weighted by atomic mass is 35.5. The molecule has 1 aromatic carbocycles. The van der Waals surface area contributed by atoms with Gasteiger partial charge in [0.15, 0.2) is 11.6 Å². The van der Waals surface area contributed by atoms with Gasteiger partial charge in [-0.05, 0) is 24.3 Å². The molecule has 7 heteroatoms. The van der Waals surface area contributed by atoms with Crippen molar-refractivity contribution < 1.29 is 4.39 Å². The van der Waals surface area contributed by atoms with Crippen LogP contribution in [0.25, 0.3) is 11.0 Å². The van der Waals surface area contributed by atoms with Crippen LogP contribution in [0, 0.1) is 5.82 Å². The number of nitrogens with one attached hydrogen (secondary N) is 2. The Labute approximate surface area is 117 Å². The number of rotatable bonds is 2. The van der Waals surface area contributed by atoms with Crippen LogP contribution in [-0.4, -0.2) is 15.2 Å². The van der Waals surface area contributed by atoms with E-state index in [-0.39, 0.29) is 10.0 Å². The first-order chi connectivity index (χ1) is 9.15. The molecule has 0 amide bonds. The van der Waals surface area contributed by atoms with Gasteiger partial charge in [-0.1, -0.05) is 23.2 Å². The molecule has 19 heavy (non-hydrogen) atoms. The maximum Gasteiger partial charge on any atom is 0.178 e. The van der Waals surface area contributed by atoms with Gasteiger partial charge in [0.1, 0.15) is 5.52 Å². The minimum atomic E-state index is -0.640. The van der Waals surface area contributed by atoms with E-state index in [2.05, 4.69) is 20.5 Å². The van der Waals surface area contributed by atoms with Crippen molar-refractivity contribution in [2.75, 3.05) is 5.32 Å². The topological polar surface area (TPSA) is 53.6 Å². The van der Waals surface area contributed by atoms with E-state index < -0.39 is 5.82 Å². The Morgan fingerprint density at radius 3 is 2.68 bits per heavy atom. The van der Waals surface area contributed by atoms with Crippen molar-refractivity contribution in [3.8, 4) is 0 Å². The van der Waals surface area contributed by atoms with Crippen LogP contribution in [0.15, 0.2) is 30.5 Å². The van der Waals surface area contributed by atoms with Gasteiger partial charge in [-0.3, -0.25) is 10.1 Å². The molecule has 0 unspecified atom stereocenters. The number of fused-ring (bicyclic) bond motifs is 1. The third kappa shape index (κ3) is 2.22. The zero-order valence-corrected chi connectivity index (χ0v) is 10.9. The fourth-order valence-electron chi connectivity index (χ4n) is 1.70. The lowest BCUT2D eigenvalue weighted by Gasteiger charge is -2.05. The molecule has 0 saturated carbocycles. The number of hydrogen-bond donors (Lipinski definition) is 2. The maximum absolute atomic E-state index is 13.3. The van der Waals surface area contributed by atoms with Gasteiger partial charge in [0, 0.05) is 11.9 Å². The summed E-state index contributed by atoms with van der Waals surface area (Å²) >= 11 is 11.5. The average molecular weight is 297 g/mol. The van der Waals surface area contributed by atoms with E-state index >= 15 is 0 Å². The molecule has 2 N–H and O–H groups in total. The SMILES string of the molecule is Fc1c(Cl)cc(Nc2n[nH]c3cccnc23)cc1Cl. The highest BCUT2D eigenvalue weighted by Gasteiger charge is 2.10. The number of anilines is 2. The second-order valence-electron chi connectivity index (χ2n) is 3.85. The predicted octanol–water partition coefficient (Wildman–Crippen LogP) is 4.15. The summed E-state index contributed by atoms with van der Waals surface area (Å²) in [4.78, 5) is 4.20. The third-order valence-corrected chi connectivity index (χ3v) is 3.12. The lowest BCUT2D eigenvalue weighted by Crippen LogP contribution is -1.93. The van der Waals surface area contributed by atoms with Gasteiger partial charge in [0.25, 0.3) is 0 Å². The molecule has 2 aromatic heterocycles. The van der Waals surface area contributed by atoms with Crippen molar-refractivity contribution in [2.45, 2.75) is 0 Å². The van der Waals surface area contributed by atoms with Crippen molar-refractivity contribution >= 4 is 45.7 Å². The van der Waals surface area contributed by atoms with Crippen LogP contribution in [0.2, 0.25) is 10.0 Å². The summed E-state index contributed by atoms with van der Waals surface area (Å²) in [5.41, 5.74) is 2.01. The summed E-state index contributed by atoms with van der Waals surface area (Å²) in [5, 5.41) is 9.82. The molecule has 3 rings (SSSR count). The van der Waals surface area contributed by atoms with Crippen LogP contribution in [0.3, 0.4) is 0 Å². The van der Waals surface area contributed by atoms with Crippen molar-refractivity contribution in [3.63, 3.8) is 0 Å². The fourth-order valence-corrected chi connectivity index (χ4v) is 2.19. The second-order valence-corrected chi connectivity index (χ2v) is 4.67. The van der Waals surface area contributed by atoms with Crippen LogP contribution < -0.4 is 5.32 Å². The van der Waals surface area contributed by atoms with E-state index in [1.165, 1.54) is 12.1 Å². The lowest BCUT2D eigenvalue weighted by molar-refractivity contribution is 0.629. The first-order valence-corrected chi connectivity index (χ1v) is 6.11. The number of nitrogens with zero attached hydrogens (tertiary/aromatic N) is 2.